The summed E-state index contributed by atoms with van der Waals surface area (Å²) >= 11 is 0. The highest BCUT2D eigenvalue weighted by Gasteiger charge is 2.14. The molecule has 0 spiro atoms. The van der Waals surface area contributed by atoms with Gasteiger partial charge in [-0.2, -0.15) is 5.10 Å². The topological polar surface area (TPSA) is 81.7 Å². The third kappa shape index (κ3) is 1.76. The number of aromatic nitrogens is 4. The zero-order valence-corrected chi connectivity index (χ0v) is 10.4. The van der Waals surface area contributed by atoms with Gasteiger partial charge in [0.05, 0.1) is 5.69 Å². The molecule has 2 aromatic heterocycles. The second-order valence-corrected chi connectivity index (χ2v) is 4.02. The fourth-order valence-corrected chi connectivity index (χ4v) is 1.73. The van der Waals surface area contributed by atoms with Crippen LogP contribution in [0, 0.1) is 27.7 Å². The van der Waals surface area contributed by atoms with Gasteiger partial charge in [-0.3, -0.25) is 0 Å². The summed E-state index contributed by atoms with van der Waals surface area (Å²) in [7, 11) is 0. The number of nitrogen functional groups attached to an aromatic ring is 1. The highest BCUT2D eigenvalue weighted by atomic mass is 15.3. The molecule has 0 radical (unpaired) electrons. The van der Waals surface area contributed by atoms with Crippen molar-refractivity contribution >= 4 is 5.82 Å². The SMILES string of the molecule is Cc1nn(-c2ncnc(NN)c2C)c(C)c1C. The summed E-state index contributed by atoms with van der Waals surface area (Å²) in [5, 5.41) is 4.47. The van der Waals surface area contributed by atoms with Crippen molar-refractivity contribution in [3.05, 3.63) is 28.8 Å². The van der Waals surface area contributed by atoms with Crippen LogP contribution in [0.2, 0.25) is 0 Å². The quantitative estimate of drug-likeness (QED) is 0.600. The first kappa shape index (κ1) is 11.5. The van der Waals surface area contributed by atoms with Crippen LogP contribution in [-0.4, -0.2) is 19.7 Å². The van der Waals surface area contributed by atoms with Gasteiger partial charge in [-0.05, 0) is 33.3 Å². The number of hydrogen-bond acceptors (Lipinski definition) is 5. The fourth-order valence-electron chi connectivity index (χ4n) is 1.73. The van der Waals surface area contributed by atoms with Crippen LogP contribution in [0.3, 0.4) is 0 Å². The average molecular weight is 232 g/mol. The van der Waals surface area contributed by atoms with E-state index >= 15 is 0 Å². The lowest BCUT2D eigenvalue weighted by Crippen LogP contribution is -2.13. The number of rotatable bonds is 2. The maximum absolute atomic E-state index is 5.40. The first-order chi connectivity index (χ1) is 8.06. The average Bonchev–Trinajstić information content (AvgIpc) is 2.57. The minimum absolute atomic E-state index is 0.611. The van der Waals surface area contributed by atoms with Gasteiger partial charge in [0.2, 0.25) is 0 Å². The van der Waals surface area contributed by atoms with Crippen LogP contribution >= 0.6 is 0 Å². The molecular weight excluding hydrogens is 216 g/mol. The van der Waals surface area contributed by atoms with Crippen LogP contribution in [-0.2, 0) is 0 Å². The maximum Gasteiger partial charge on any atom is 0.162 e. The third-order valence-corrected chi connectivity index (χ3v) is 3.05. The van der Waals surface area contributed by atoms with Gasteiger partial charge in [-0.15, -0.1) is 0 Å². The van der Waals surface area contributed by atoms with Crippen LogP contribution in [0.25, 0.3) is 5.82 Å². The van der Waals surface area contributed by atoms with Crippen LogP contribution < -0.4 is 11.3 Å². The smallest absolute Gasteiger partial charge is 0.162 e. The van der Waals surface area contributed by atoms with Gasteiger partial charge < -0.3 is 5.43 Å². The van der Waals surface area contributed by atoms with E-state index in [9.17, 15) is 0 Å². The van der Waals surface area contributed by atoms with Gasteiger partial charge in [0.1, 0.15) is 12.1 Å². The lowest BCUT2D eigenvalue weighted by atomic mass is 10.2. The van der Waals surface area contributed by atoms with E-state index in [1.54, 1.807) is 0 Å². The number of nitrogens with one attached hydrogen (secondary N) is 1. The van der Waals surface area contributed by atoms with Crippen molar-refractivity contribution in [3.63, 3.8) is 0 Å². The molecule has 6 nitrogen and oxygen atoms in total. The molecule has 90 valence electrons. The van der Waals surface area contributed by atoms with Gasteiger partial charge in [-0.1, -0.05) is 0 Å². The Morgan fingerprint density at radius 3 is 2.35 bits per heavy atom. The number of hydrazine groups is 1. The monoisotopic (exact) mass is 232 g/mol. The van der Waals surface area contributed by atoms with Crippen LogP contribution in [0.1, 0.15) is 22.5 Å². The van der Waals surface area contributed by atoms with Gasteiger partial charge in [0, 0.05) is 11.3 Å². The minimum Gasteiger partial charge on any atom is -0.308 e. The molecule has 6 heteroatoms. The van der Waals surface area contributed by atoms with E-state index in [1.165, 1.54) is 11.9 Å². The Labute approximate surface area is 99.9 Å². The summed E-state index contributed by atoms with van der Waals surface area (Å²) in [6.45, 7) is 7.97. The van der Waals surface area contributed by atoms with Gasteiger partial charge in [0.15, 0.2) is 5.82 Å². The first-order valence-corrected chi connectivity index (χ1v) is 5.37. The lowest BCUT2D eigenvalue weighted by molar-refractivity contribution is 0.792. The van der Waals surface area contributed by atoms with Crippen molar-refractivity contribution in [1.29, 1.82) is 0 Å². The van der Waals surface area contributed by atoms with E-state index in [0.717, 1.165) is 22.8 Å². The number of anilines is 1. The third-order valence-electron chi connectivity index (χ3n) is 3.05. The Morgan fingerprint density at radius 1 is 1.12 bits per heavy atom. The molecule has 0 aromatic carbocycles. The van der Waals surface area contributed by atoms with Gasteiger partial charge in [0.25, 0.3) is 0 Å². The molecule has 0 amide bonds. The standard InChI is InChI=1S/C11H16N6/c1-6-8(3)16-17(9(6)4)11-7(2)10(15-12)13-5-14-11/h5H,12H2,1-4H3,(H,13,14,15). The zero-order chi connectivity index (χ0) is 12.6. The Kier molecular flexibility index (Phi) is 2.81. The van der Waals surface area contributed by atoms with Crippen molar-refractivity contribution in [1.82, 2.24) is 19.7 Å². The second-order valence-electron chi connectivity index (χ2n) is 4.02. The molecule has 0 atom stereocenters. The van der Waals surface area contributed by atoms with Crippen LogP contribution in [0.4, 0.5) is 5.82 Å². The molecule has 3 N–H and O–H groups in total. The molecule has 0 aliphatic rings. The van der Waals surface area contributed by atoms with Crippen molar-refractivity contribution in [3.8, 4) is 5.82 Å². The molecule has 0 saturated carbocycles. The molecule has 0 fully saturated rings. The molecule has 0 saturated heterocycles. The summed E-state index contributed by atoms with van der Waals surface area (Å²) in [6, 6.07) is 0. The van der Waals surface area contributed by atoms with Crippen molar-refractivity contribution in [2.75, 3.05) is 5.43 Å². The first-order valence-electron chi connectivity index (χ1n) is 5.37. The highest BCUT2D eigenvalue weighted by molar-refractivity contribution is 5.50. The van der Waals surface area contributed by atoms with Crippen LogP contribution in [0.5, 0.6) is 0 Å². The largest absolute Gasteiger partial charge is 0.308 e. The van der Waals surface area contributed by atoms with E-state index in [1.807, 2.05) is 32.4 Å². The van der Waals surface area contributed by atoms with Gasteiger partial charge >= 0.3 is 0 Å². The van der Waals surface area contributed by atoms with Gasteiger partial charge in [-0.25, -0.2) is 20.5 Å². The predicted octanol–water partition coefficient (Wildman–Crippen LogP) is 1.18. The highest BCUT2D eigenvalue weighted by Crippen LogP contribution is 2.20. The molecule has 2 rings (SSSR count). The molecular formula is C11H16N6. The second kappa shape index (κ2) is 4.14. The van der Waals surface area contributed by atoms with E-state index in [0.29, 0.717) is 5.82 Å². The Bertz CT molecular complexity index is 557. The summed E-state index contributed by atoms with van der Waals surface area (Å²) in [5.74, 6) is 6.76. The number of nitrogens with two attached hydrogens (primary N) is 1. The summed E-state index contributed by atoms with van der Waals surface area (Å²) < 4.78 is 1.82. The molecule has 2 aromatic rings. The summed E-state index contributed by atoms with van der Waals surface area (Å²) in [6.07, 6.45) is 1.48. The Hall–Kier alpha value is -1.95. The maximum atomic E-state index is 5.40. The van der Waals surface area contributed by atoms with Crippen LogP contribution in [0.15, 0.2) is 6.33 Å². The number of nitrogens with zero attached hydrogens (tertiary/aromatic N) is 4. The van der Waals surface area contributed by atoms with E-state index in [-0.39, 0.29) is 0 Å². The van der Waals surface area contributed by atoms with Crippen molar-refractivity contribution in [2.24, 2.45) is 5.84 Å². The number of hydrogen-bond donors (Lipinski definition) is 2. The molecule has 0 unspecified atom stereocenters. The molecule has 0 aliphatic heterocycles. The molecule has 0 aliphatic carbocycles. The van der Waals surface area contributed by atoms with Crippen molar-refractivity contribution < 1.29 is 0 Å². The normalized spacial score (nSPS) is 10.6. The molecule has 0 bridgehead atoms. The molecule has 2 heterocycles. The fraction of sp³-hybridized carbons (Fsp3) is 0.364. The molecule has 17 heavy (non-hydrogen) atoms. The Balaban J connectivity index is 2.64. The van der Waals surface area contributed by atoms with E-state index in [4.69, 9.17) is 5.84 Å². The predicted molar refractivity (Wildman–Crippen MR) is 65.9 cm³/mol. The van der Waals surface area contributed by atoms with E-state index < -0.39 is 0 Å². The lowest BCUT2D eigenvalue weighted by Gasteiger charge is -2.09. The summed E-state index contributed by atoms with van der Waals surface area (Å²) in [5.41, 5.74) is 6.68. The number of aryl methyl sites for hydroxylation is 1. The van der Waals surface area contributed by atoms with E-state index in [2.05, 4.69) is 20.5 Å². The summed E-state index contributed by atoms with van der Waals surface area (Å²) in [4.78, 5) is 8.32. The minimum atomic E-state index is 0.611. The van der Waals surface area contributed by atoms with Crippen molar-refractivity contribution in [2.45, 2.75) is 27.7 Å². The Morgan fingerprint density at radius 2 is 1.82 bits per heavy atom. The zero-order valence-electron chi connectivity index (χ0n) is 10.4.